The van der Waals surface area contributed by atoms with Crippen molar-refractivity contribution >= 4 is 29.0 Å². The van der Waals surface area contributed by atoms with Crippen LogP contribution in [0.15, 0.2) is 41.6 Å². The molecule has 3 rings (SSSR count). The minimum atomic E-state index is -0.809. The minimum absolute atomic E-state index is 0.0123. The van der Waals surface area contributed by atoms with Crippen molar-refractivity contribution in [1.82, 2.24) is 0 Å². The highest BCUT2D eigenvalue weighted by atomic mass is 35.5. The molecular weight excluding hydrogens is 376 g/mol. The molecule has 0 saturated carbocycles. The number of rotatable bonds is 4. The van der Waals surface area contributed by atoms with Crippen molar-refractivity contribution in [2.45, 2.75) is 19.4 Å². The molecule has 0 spiro atoms. The Labute approximate surface area is 159 Å². The van der Waals surface area contributed by atoms with E-state index in [1.54, 1.807) is 25.3 Å². The topological polar surface area (TPSA) is 100 Å². The first kappa shape index (κ1) is 18.7. The quantitative estimate of drug-likeness (QED) is 0.444. The number of hydrogen-bond donors (Lipinski definition) is 0. The van der Waals surface area contributed by atoms with Crippen LogP contribution >= 0.6 is 11.6 Å². The summed E-state index contributed by atoms with van der Waals surface area (Å²) < 4.78 is 10.9. The molecule has 2 aromatic rings. The number of methoxy groups -OCH3 is 1. The average molecular weight is 391 g/mol. The van der Waals surface area contributed by atoms with Gasteiger partial charge < -0.3 is 14.3 Å². The van der Waals surface area contributed by atoms with Crippen LogP contribution in [0.25, 0.3) is 0 Å². The number of nitro benzene ring substituents is 1. The molecule has 0 amide bonds. The highest BCUT2D eigenvalue weighted by molar-refractivity contribution is 6.33. The van der Waals surface area contributed by atoms with Gasteiger partial charge in [-0.3, -0.25) is 10.1 Å². The number of carbonyl (C=O) groups excluding carboxylic acids is 1. The number of nitrogens with zero attached hydrogens (tertiary/aromatic N) is 2. The van der Waals surface area contributed by atoms with Gasteiger partial charge in [-0.25, -0.2) is 4.79 Å². The van der Waals surface area contributed by atoms with Crippen LogP contribution in [0, 0.1) is 10.1 Å². The molecular formula is C18H15ClN2O6. The molecule has 0 aliphatic carbocycles. The Morgan fingerprint density at radius 3 is 2.78 bits per heavy atom. The first-order valence-electron chi connectivity index (χ1n) is 7.96. The van der Waals surface area contributed by atoms with Crippen LogP contribution in [0.2, 0.25) is 5.02 Å². The summed E-state index contributed by atoms with van der Waals surface area (Å²) in [6.45, 7) is 1.87. The molecule has 1 aliphatic rings. The highest BCUT2D eigenvalue weighted by Gasteiger charge is 2.24. The van der Waals surface area contributed by atoms with Crippen LogP contribution < -0.4 is 9.47 Å². The van der Waals surface area contributed by atoms with Gasteiger partial charge in [0.05, 0.1) is 28.3 Å². The third kappa shape index (κ3) is 4.01. The molecule has 0 bridgehead atoms. The number of halogens is 1. The van der Waals surface area contributed by atoms with Gasteiger partial charge in [0.25, 0.3) is 5.69 Å². The van der Waals surface area contributed by atoms with E-state index in [-0.39, 0.29) is 22.4 Å². The van der Waals surface area contributed by atoms with Gasteiger partial charge in [-0.15, -0.1) is 0 Å². The van der Waals surface area contributed by atoms with Gasteiger partial charge in [0.15, 0.2) is 0 Å². The van der Waals surface area contributed by atoms with Crippen molar-refractivity contribution in [3.63, 3.8) is 0 Å². The van der Waals surface area contributed by atoms with E-state index < -0.39 is 10.9 Å². The molecule has 140 valence electrons. The lowest BCUT2D eigenvalue weighted by atomic mass is 10.0. The number of carbonyl (C=O) groups is 1. The number of fused-ring (bicyclic) bond motifs is 1. The van der Waals surface area contributed by atoms with Crippen molar-refractivity contribution in [1.29, 1.82) is 0 Å². The molecule has 9 heteroatoms. The van der Waals surface area contributed by atoms with Crippen LogP contribution in [-0.4, -0.2) is 29.8 Å². The summed E-state index contributed by atoms with van der Waals surface area (Å²) in [5, 5.41) is 14.6. The molecule has 0 aromatic heterocycles. The standard InChI is InChI=1S/C18H15ClN2O6/c1-10-7-16(14-6-4-12(25-2)9-17(14)26-10)20-27-18(22)13-5-3-11(21(23)24)8-15(13)19/h3-6,8-10H,7H2,1-2H3/b20-16+/t10-/m0/s1. The van der Waals surface area contributed by atoms with Crippen LogP contribution in [0.1, 0.15) is 29.3 Å². The molecule has 0 unspecified atom stereocenters. The molecule has 2 aromatic carbocycles. The van der Waals surface area contributed by atoms with E-state index in [9.17, 15) is 14.9 Å². The maximum Gasteiger partial charge on any atom is 0.367 e. The molecule has 1 atom stereocenters. The molecule has 1 heterocycles. The monoisotopic (exact) mass is 390 g/mol. The third-order valence-corrected chi connectivity index (χ3v) is 4.24. The van der Waals surface area contributed by atoms with Crippen molar-refractivity contribution in [3.8, 4) is 11.5 Å². The molecule has 0 N–H and O–H groups in total. The zero-order valence-corrected chi connectivity index (χ0v) is 15.2. The summed E-state index contributed by atoms with van der Waals surface area (Å²) in [7, 11) is 1.55. The Morgan fingerprint density at radius 2 is 2.11 bits per heavy atom. The van der Waals surface area contributed by atoms with Gasteiger partial charge >= 0.3 is 5.97 Å². The smallest absolute Gasteiger partial charge is 0.367 e. The summed E-state index contributed by atoms with van der Waals surface area (Å²) in [6.07, 6.45) is 0.283. The van der Waals surface area contributed by atoms with Crippen LogP contribution in [0.4, 0.5) is 5.69 Å². The molecule has 27 heavy (non-hydrogen) atoms. The number of benzene rings is 2. The zero-order valence-electron chi connectivity index (χ0n) is 14.5. The Hall–Kier alpha value is -3.13. The van der Waals surface area contributed by atoms with Gasteiger partial charge in [0, 0.05) is 30.2 Å². The minimum Gasteiger partial charge on any atom is -0.497 e. The Bertz CT molecular complexity index is 943. The number of nitro groups is 1. The summed E-state index contributed by atoms with van der Waals surface area (Å²) in [4.78, 5) is 27.4. The molecule has 0 fully saturated rings. The van der Waals surface area contributed by atoms with Crippen molar-refractivity contribution in [2.75, 3.05) is 7.11 Å². The predicted molar refractivity (Wildman–Crippen MR) is 97.8 cm³/mol. The van der Waals surface area contributed by atoms with Crippen LogP contribution in [0.3, 0.4) is 0 Å². The first-order valence-corrected chi connectivity index (χ1v) is 8.34. The van der Waals surface area contributed by atoms with Crippen molar-refractivity contribution in [2.24, 2.45) is 5.16 Å². The second kappa shape index (κ2) is 7.63. The maximum absolute atomic E-state index is 12.2. The Morgan fingerprint density at radius 1 is 1.33 bits per heavy atom. The Kier molecular flexibility index (Phi) is 5.27. The van der Waals surface area contributed by atoms with E-state index in [2.05, 4.69) is 5.16 Å². The molecule has 8 nitrogen and oxygen atoms in total. The number of ether oxygens (including phenoxy) is 2. The van der Waals surface area contributed by atoms with Gasteiger partial charge in [-0.05, 0) is 25.1 Å². The predicted octanol–water partition coefficient (Wildman–Crippen LogP) is 3.99. The second-order valence-electron chi connectivity index (χ2n) is 5.83. The summed E-state index contributed by atoms with van der Waals surface area (Å²) in [6, 6.07) is 8.75. The van der Waals surface area contributed by atoms with E-state index in [1.807, 2.05) is 6.92 Å². The van der Waals surface area contributed by atoms with Gasteiger partial charge in [0.1, 0.15) is 17.6 Å². The maximum atomic E-state index is 12.2. The van der Waals surface area contributed by atoms with E-state index in [0.29, 0.717) is 29.2 Å². The van der Waals surface area contributed by atoms with Crippen molar-refractivity contribution < 1.29 is 24.0 Å². The fourth-order valence-corrected chi connectivity index (χ4v) is 2.87. The summed E-state index contributed by atoms with van der Waals surface area (Å²) in [5.41, 5.74) is 1.000. The fraction of sp³-hybridized carbons (Fsp3) is 0.222. The van der Waals surface area contributed by atoms with E-state index in [4.69, 9.17) is 25.9 Å². The number of non-ortho nitro benzene ring substituents is 1. The number of hydrogen-bond acceptors (Lipinski definition) is 7. The van der Waals surface area contributed by atoms with Gasteiger partial charge in [-0.1, -0.05) is 16.8 Å². The average Bonchev–Trinajstić information content (AvgIpc) is 2.64. The van der Waals surface area contributed by atoms with E-state index in [0.717, 1.165) is 6.07 Å². The Balaban J connectivity index is 1.84. The van der Waals surface area contributed by atoms with Crippen LogP contribution in [0.5, 0.6) is 11.5 Å². The van der Waals surface area contributed by atoms with Gasteiger partial charge in [-0.2, -0.15) is 0 Å². The normalized spacial score (nSPS) is 17.0. The van der Waals surface area contributed by atoms with Gasteiger partial charge in [0.2, 0.25) is 0 Å². The fourth-order valence-electron chi connectivity index (χ4n) is 2.62. The lowest BCUT2D eigenvalue weighted by molar-refractivity contribution is -0.384. The third-order valence-electron chi connectivity index (χ3n) is 3.93. The summed E-state index contributed by atoms with van der Waals surface area (Å²) in [5.74, 6) is 0.407. The summed E-state index contributed by atoms with van der Waals surface area (Å²) >= 11 is 5.94. The molecule has 1 aliphatic heterocycles. The lowest BCUT2D eigenvalue weighted by Crippen LogP contribution is -2.25. The lowest BCUT2D eigenvalue weighted by Gasteiger charge is -2.24. The second-order valence-corrected chi connectivity index (χ2v) is 6.24. The van der Waals surface area contributed by atoms with E-state index >= 15 is 0 Å². The zero-order chi connectivity index (χ0) is 19.6. The highest BCUT2D eigenvalue weighted by Crippen LogP contribution is 2.32. The van der Waals surface area contributed by atoms with Crippen LogP contribution in [-0.2, 0) is 4.84 Å². The van der Waals surface area contributed by atoms with Crippen molar-refractivity contribution in [3.05, 3.63) is 62.7 Å². The molecule has 0 saturated heterocycles. The SMILES string of the molecule is COc1ccc2c(c1)O[C@@H](C)C/C2=N\OC(=O)c1ccc([N+](=O)[O-])cc1Cl. The first-order chi connectivity index (χ1) is 12.9. The largest absolute Gasteiger partial charge is 0.497 e. The molecule has 0 radical (unpaired) electrons. The van der Waals surface area contributed by atoms with E-state index in [1.165, 1.54) is 12.1 Å². The number of oxime groups is 1.